The van der Waals surface area contributed by atoms with E-state index in [1.807, 2.05) is 57.2 Å². The van der Waals surface area contributed by atoms with E-state index in [4.69, 9.17) is 9.72 Å². The normalized spacial score (nSPS) is 11.1. The van der Waals surface area contributed by atoms with E-state index in [9.17, 15) is 4.79 Å². The molecule has 4 aromatic rings. The van der Waals surface area contributed by atoms with Gasteiger partial charge in [-0.25, -0.2) is 0 Å². The molecule has 4 rings (SSSR count). The number of hydrogen-bond acceptors (Lipinski definition) is 3. The highest BCUT2D eigenvalue weighted by atomic mass is 16.5. The standard InChI is InChI=1S/C24H22N2O2/c1-15(2)28-19-11-8-18(9-12-19)24(27)26-22-14-16(3)25-23-20-7-5-4-6-17(20)10-13-21(22)23/h4-15H,1-3H3,(H,25,26,27). The lowest BCUT2D eigenvalue weighted by Gasteiger charge is -2.12. The highest BCUT2D eigenvalue weighted by Gasteiger charge is 2.12. The first-order valence-electron chi connectivity index (χ1n) is 9.38. The third-order valence-corrected chi connectivity index (χ3v) is 4.57. The van der Waals surface area contributed by atoms with Crippen molar-refractivity contribution in [2.75, 3.05) is 5.32 Å². The summed E-state index contributed by atoms with van der Waals surface area (Å²) in [7, 11) is 0. The fraction of sp³-hybridized carbons (Fsp3) is 0.167. The number of rotatable bonds is 4. The smallest absolute Gasteiger partial charge is 0.255 e. The molecule has 0 spiro atoms. The zero-order chi connectivity index (χ0) is 19.7. The third-order valence-electron chi connectivity index (χ3n) is 4.57. The van der Waals surface area contributed by atoms with Crippen LogP contribution in [0.15, 0.2) is 66.7 Å². The summed E-state index contributed by atoms with van der Waals surface area (Å²) in [5.41, 5.74) is 3.11. The lowest BCUT2D eigenvalue weighted by Crippen LogP contribution is -2.13. The molecule has 28 heavy (non-hydrogen) atoms. The molecule has 0 saturated carbocycles. The van der Waals surface area contributed by atoms with Crippen molar-refractivity contribution < 1.29 is 9.53 Å². The van der Waals surface area contributed by atoms with Crippen LogP contribution < -0.4 is 10.1 Å². The second-order valence-electron chi connectivity index (χ2n) is 7.14. The van der Waals surface area contributed by atoms with Gasteiger partial charge in [0.15, 0.2) is 0 Å². The van der Waals surface area contributed by atoms with E-state index in [0.717, 1.165) is 38.8 Å². The maximum atomic E-state index is 12.8. The molecule has 4 nitrogen and oxygen atoms in total. The van der Waals surface area contributed by atoms with E-state index < -0.39 is 0 Å². The summed E-state index contributed by atoms with van der Waals surface area (Å²) in [6, 6.07) is 21.3. The Morgan fingerprint density at radius 2 is 1.71 bits per heavy atom. The number of ether oxygens (including phenoxy) is 1. The maximum absolute atomic E-state index is 12.8. The predicted octanol–water partition coefficient (Wildman–Crippen LogP) is 5.74. The highest BCUT2D eigenvalue weighted by molar-refractivity contribution is 6.13. The summed E-state index contributed by atoms with van der Waals surface area (Å²) in [4.78, 5) is 17.5. The fourth-order valence-electron chi connectivity index (χ4n) is 3.34. The van der Waals surface area contributed by atoms with Crippen molar-refractivity contribution in [1.82, 2.24) is 4.98 Å². The highest BCUT2D eigenvalue weighted by Crippen LogP contribution is 2.30. The molecule has 1 N–H and O–H groups in total. The lowest BCUT2D eigenvalue weighted by molar-refractivity contribution is 0.102. The summed E-state index contributed by atoms with van der Waals surface area (Å²) in [6.45, 7) is 5.89. The first-order chi connectivity index (χ1) is 13.5. The van der Waals surface area contributed by atoms with Crippen molar-refractivity contribution in [2.24, 2.45) is 0 Å². The number of anilines is 1. The van der Waals surface area contributed by atoms with Gasteiger partial charge in [-0.1, -0.05) is 36.4 Å². The van der Waals surface area contributed by atoms with Crippen LogP contribution in [-0.2, 0) is 0 Å². The van der Waals surface area contributed by atoms with Gasteiger partial charge >= 0.3 is 0 Å². The number of aromatic nitrogens is 1. The van der Waals surface area contributed by atoms with Crippen LogP contribution >= 0.6 is 0 Å². The first-order valence-corrected chi connectivity index (χ1v) is 9.38. The third kappa shape index (κ3) is 3.54. The van der Waals surface area contributed by atoms with Crippen LogP contribution in [0.25, 0.3) is 21.7 Å². The number of aryl methyl sites for hydroxylation is 1. The van der Waals surface area contributed by atoms with Crippen LogP contribution in [0, 0.1) is 6.92 Å². The monoisotopic (exact) mass is 370 g/mol. The summed E-state index contributed by atoms with van der Waals surface area (Å²) in [6.07, 6.45) is 0.0978. The van der Waals surface area contributed by atoms with Gasteiger partial charge in [0, 0.05) is 22.0 Å². The molecule has 1 amide bonds. The van der Waals surface area contributed by atoms with Crippen LogP contribution in [0.4, 0.5) is 5.69 Å². The SMILES string of the molecule is Cc1cc(NC(=O)c2ccc(OC(C)C)cc2)c2ccc3ccccc3c2n1. The van der Waals surface area contributed by atoms with Crippen molar-refractivity contribution >= 4 is 33.3 Å². The number of benzene rings is 3. The van der Waals surface area contributed by atoms with Gasteiger partial charge in [0.25, 0.3) is 5.91 Å². The summed E-state index contributed by atoms with van der Waals surface area (Å²) in [5.74, 6) is 0.597. The molecular weight excluding hydrogens is 348 g/mol. The topological polar surface area (TPSA) is 51.2 Å². The molecule has 0 radical (unpaired) electrons. The fourth-order valence-corrected chi connectivity index (χ4v) is 3.34. The molecular formula is C24H22N2O2. The minimum Gasteiger partial charge on any atom is -0.491 e. The van der Waals surface area contributed by atoms with E-state index >= 15 is 0 Å². The van der Waals surface area contributed by atoms with Gasteiger partial charge in [0.05, 0.1) is 17.3 Å². The number of fused-ring (bicyclic) bond motifs is 3. The lowest BCUT2D eigenvalue weighted by atomic mass is 10.0. The Hall–Kier alpha value is -3.40. The molecule has 0 bridgehead atoms. The second-order valence-corrected chi connectivity index (χ2v) is 7.14. The minimum absolute atomic E-state index is 0.0978. The summed E-state index contributed by atoms with van der Waals surface area (Å²) in [5, 5.41) is 6.18. The summed E-state index contributed by atoms with van der Waals surface area (Å²) >= 11 is 0. The minimum atomic E-state index is -0.156. The molecule has 4 heteroatoms. The Labute approximate surface area is 164 Å². The Bertz CT molecular complexity index is 1160. The largest absolute Gasteiger partial charge is 0.491 e. The van der Waals surface area contributed by atoms with Crippen LogP contribution in [0.1, 0.15) is 29.9 Å². The van der Waals surface area contributed by atoms with Gasteiger partial charge in [-0.3, -0.25) is 9.78 Å². The van der Waals surface area contributed by atoms with Crippen molar-refractivity contribution in [3.63, 3.8) is 0 Å². The van der Waals surface area contributed by atoms with Crippen molar-refractivity contribution in [3.05, 3.63) is 78.0 Å². The molecule has 0 atom stereocenters. The average molecular weight is 370 g/mol. The molecule has 1 aromatic heterocycles. The Morgan fingerprint density at radius 1 is 0.964 bits per heavy atom. The number of nitrogens with zero attached hydrogens (tertiary/aromatic N) is 1. The number of pyridine rings is 1. The summed E-state index contributed by atoms with van der Waals surface area (Å²) < 4.78 is 5.64. The van der Waals surface area contributed by atoms with Crippen LogP contribution in [0.3, 0.4) is 0 Å². The van der Waals surface area contributed by atoms with Crippen molar-refractivity contribution in [1.29, 1.82) is 0 Å². The van der Waals surface area contributed by atoms with Crippen LogP contribution in [-0.4, -0.2) is 17.0 Å². The average Bonchev–Trinajstić information content (AvgIpc) is 2.68. The van der Waals surface area contributed by atoms with Gasteiger partial charge in [-0.05, 0) is 56.5 Å². The Kier molecular flexibility index (Phi) is 4.70. The molecule has 0 aliphatic carbocycles. The Balaban J connectivity index is 1.69. The van der Waals surface area contributed by atoms with Gasteiger partial charge in [-0.15, -0.1) is 0 Å². The van der Waals surface area contributed by atoms with E-state index in [0.29, 0.717) is 5.56 Å². The molecule has 3 aromatic carbocycles. The molecule has 0 aliphatic heterocycles. The van der Waals surface area contributed by atoms with Gasteiger partial charge in [0.1, 0.15) is 5.75 Å². The van der Waals surface area contributed by atoms with Gasteiger partial charge < -0.3 is 10.1 Å². The number of nitrogens with one attached hydrogen (secondary N) is 1. The van der Waals surface area contributed by atoms with Gasteiger partial charge in [0.2, 0.25) is 0 Å². The molecule has 0 aliphatic rings. The number of carbonyl (C=O) groups is 1. The second kappa shape index (κ2) is 7.31. The predicted molar refractivity (Wildman–Crippen MR) is 114 cm³/mol. The van der Waals surface area contributed by atoms with E-state index in [-0.39, 0.29) is 12.0 Å². The maximum Gasteiger partial charge on any atom is 0.255 e. The Morgan fingerprint density at radius 3 is 2.46 bits per heavy atom. The number of hydrogen-bond donors (Lipinski definition) is 1. The number of carbonyl (C=O) groups excluding carboxylic acids is 1. The molecule has 0 saturated heterocycles. The van der Waals surface area contributed by atoms with Crippen molar-refractivity contribution in [2.45, 2.75) is 26.9 Å². The zero-order valence-electron chi connectivity index (χ0n) is 16.2. The van der Waals surface area contributed by atoms with Crippen LogP contribution in [0.5, 0.6) is 5.75 Å². The van der Waals surface area contributed by atoms with Crippen LogP contribution in [0.2, 0.25) is 0 Å². The van der Waals surface area contributed by atoms with Crippen molar-refractivity contribution in [3.8, 4) is 5.75 Å². The molecule has 0 unspecified atom stereocenters. The molecule has 140 valence electrons. The quantitative estimate of drug-likeness (QED) is 0.466. The van der Waals surface area contributed by atoms with E-state index in [2.05, 4.69) is 23.5 Å². The van der Waals surface area contributed by atoms with Gasteiger partial charge in [-0.2, -0.15) is 0 Å². The van der Waals surface area contributed by atoms with E-state index in [1.54, 1.807) is 12.1 Å². The zero-order valence-corrected chi connectivity index (χ0v) is 16.2. The van der Waals surface area contributed by atoms with E-state index in [1.165, 1.54) is 0 Å². The number of amides is 1. The molecule has 1 heterocycles. The molecule has 0 fully saturated rings. The first kappa shape index (κ1) is 18.0.